The monoisotopic (exact) mass is 1550 g/mol. The van der Waals surface area contributed by atoms with Crippen molar-refractivity contribution >= 4 is 50.8 Å². The lowest BCUT2D eigenvalue weighted by atomic mass is 10.0. The third-order valence-corrected chi connectivity index (χ3v) is 20.1. The van der Waals surface area contributed by atoms with Gasteiger partial charge >= 0.3 is 17.1 Å². The van der Waals surface area contributed by atoms with Crippen molar-refractivity contribution in [2.45, 2.75) is 70.5 Å². The Morgan fingerprint density at radius 2 is 0.711 bits per heavy atom. The number of hydrogen-bond donors (Lipinski definition) is 0. The van der Waals surface area contributed by atoms with Crippen LogP contribution in [0, 0.1) is 24.4 Å². The van der Waals surface area contributed by atoms with Crippen LogP contribution in [0.5, 0.6) is 63.2 Å². The Morgan fingerprint density at radius 1 is 0.412 bits per heavy atom. The normalized spacial score (nSPS) is 15.4. The summed E-state index contributed by atoms with van der Waals surface area (Å²) in [6, 6.07) is 33.7. The van der Waals surface area contributed by atoms with Crippen LogP contribution in [0.4, 0.5) is 13.2 Å². The molecular formula is C85H83F3N12O14. The van der Waals surface area contributed by atoms with Gasteiger partial charge in [0, 0.05) is 45.5 Å². The van der Waals surface area contributed by atoms with Crippen molar-refractivity contribution in [2.24, 2.45) is 0 Å². The molecular weight excluding hydrogens is 1470 g/mol. The molecule has 6 aromatic carbocycles. The van der Waals surface area contributed by atoms with Crippen molar-refractivity contribution in [3.05, 3.63) is 257 Å². The van der Waals surface area contributed by atoms with Gasteiger partial charge in [0.1, 0.15) is 28.3 Å². The van der Waals surface area contributed by atoms with Crippen LogP contribution in [0.2, 0.25) is 0 Å². The van der Waals surface area contributed by atoms with Gasteiger partial charge in [0.15, 0.2) is 46.0 Å². The summed E-state index contributed by atoms with van der Waals surface area (Å²) in [4.78, 5) is 96.8. The number of ether oxygens (including phenoxy) is 8. The van der Waals surface area contributed by atoms with Crippen LogP contribution >= 0.6 is 0 Å². The predicted molar refractivity (Wildman–Crippen MR) is 423 cm³/mol. The minimum atomic E-state index is -0.604. The first kappa shape index (κ1) is 78.5. The molecule has 0 N–H and O–H groups in total. The lowest BCUT2D eigenvalue weighted by Crippen LogP contribution is -2.42. The van der Waals surface area contributed by atoms with Gasteiger partial charge in [0.2, 0.25) is 35.2 Å². The Kier molecular flexibility index (Phi) is 23.9. The number of halogens is 3. The number of hydrogen-bond acceptors (Lipinski definition) is 17. The molecule has 12 aromatic rings. The highest BCUT2D eigenvalue weighted by atomic mass is 19.1. The van der Waals surface area contributed by atoms with Crippen molar-refractivity contribution in [2.75, 3.05) is 74.3 Å². The van der Waals surface area contributed by atoms with Crippen LogP contribution in [0.25, 0.3) is 50.2 Å². The van der Waals surface area contributed by atoms with Gasteiger partial charge in [-0.15, -0.1) is 0 Å². The maximum atomic E-state index is 14.6. The average molecular weight is 1550 g/mol. The fourth-order valence-corrected chi connectivity index (χ4v) is 14.8. The molecule has 0 radical (unpaired) electrons. The fourth-order valence-electron chi connectivity index (χ4n) is 14.8. The zero-order valence-corrected chi connectivity index (χ0v) is 63.6. The highest BCUT2D eigenvalue weighted by Gasteiger charge is 2.34. The lowest BCUT2D eigenvalue weighted by molar-refractivity contribution is -0.128. The number of methoxy groups -OCH3 is 4. The summed E-state index contributed by atoms with van der Waals surface area (Å²) in [5.74, 6) is 0.218. The number of amides is 3. The molecule has 3 aliphatic heterocycles. The van der Waals surface area contributed by atoms with Gasteiger partial charge in [-0.2, -0.15) is 13.2 Å². The first-order valence-corrected chi connectivity index (χ1v) is 36.9. The Hall–Kier alpha value is -13.6. The smallest absolute Gasteiger partial charge is 0.334 e. The third-order valence-electron chi connectivity index (χ3n) is 20.1. The molecule has 15 rings (SSSR count). The van der Waals surface area contributed by atoms with E-state index in [1.165, 1.54) is 83.1 Å². The SMILES string of the molecule is C=CC(=O)N1CCC[C@@H](n2c(=O)n(-c3ccc(Oc4cccc(OC)c4F)cc3)c3cncc(C)c32)C1.C=CC(=O)N1CCC[C@@H](n2c(=O)n(-c3ccc(Oc4cccc(OC)c4F)cc3)c3cncc(OC)c32)C1.C=CC(=O)N1CCC[C@@H](n2c(=O)n(-c3ccc(Oc4cccc(OC)c4F)cc3)c3cncc(OCC)c32)C1. The Balaban J connectivity index is 0.000000149. The molecule has 0 spiro atoms. The average Bonchev–Trinajstić information content (AvgIpc) is 1.60. The van der Waals surface area contributed by atoms with Gasteiger partial charge in [-0.25, -0.2) is 14.4 Å². The van der Waals surface area contributed by atoms with Crippen molar-refractivity contribution < 1.29 is 65.4 Å². The Morgan fingerprint density at radius 3 is 1.04 bits per heavy atom. The molecule has 3 amide bonds. The van der Waals surface area contributed by atoms with E-state index < -0.39 is 17.5 Å². The van der Waals surface area contributed by atoms with E-state index in [-0.39, 0.29) is 87.4 Å². The zero-order valence-electron chi connectivity index (χ0n) is 63.6. The number of aryl methyl sites for hydroxylation is 1. The first-order chi connectivity index (χ1) is 55.3. The van der Waals surface area contributed by atoms with Gasteiger partial charge in [0.25, 0.3) is 0 Å². The number of piperidine rings is 3. The van der Waals surface area contributed by atoms with E-state index >= 15 is 0 Å². The molecule has 0 saturated carbocycles. The van der Waals surface area contributed by atoms with Crippen molar-refractivity contribution in [3.63, 3.8) is 0 Å². The number of rotatable bonds is 21. The van der Waals surface area contributed by atoms with Gasteiger partial charge < -0.3 is 52.6 Å². The number of fused-ring (bicyclic) bond motifs is 3. The molecule has 0 unspecified atom stereocenters. The highest BCUT2D eigenvalue weighted by molar-refractivity contribution is 5.89. The maximum Gasteiger partial charge on any atom is 0.334 e. The molecule has 26 nitrogen and oxygen atoms in total. The molecule has 0 bridgehead atoms. The molecule has 6 aromatic heterocycles. The number of imidazole rings is 3. The van der Waals surface area contributed by atoms with Crippen LogP contribution in [0.15, 0.2) is 217 Å². The molecule has 3 aliphatic rings. The van der Waals surface area contributed by atoms with E-state index in [9.17, 15) is 41.9 Å². The third kappa shape index (κ3) is 15.8. The van der Waals surface area contributed by atoms with Crippen molar-refractivity contribution in [3.8, 4) is 80.3 Å². The summed E-state index contributed by atoms with van der Waals surface area (Å²) in [7, 11) is 5.70. The minimum absolute atomic E-state index is 0.0238. The molecule has 3 fully saturated rings. The van der Waals surface area contributed by atoms with Crippen LogP contribution in [-0.4, -0.2) is 149 Å². The van der Waals surface area contributed by atoms with Crippen LogP contribution in [-0.2, 0) is 14.4 Å². The summed E-state index contributed by atoms with van der Waals surface area (Å²) in [5, 5.41) is 0. The van der Waals surface area contributed by atoms with Crippen LogP contribution in [0.3, 0.4) is 0 Å². The second-order valence-corrected chi connectivity index (χ2v) is 26.9. The van der Waals surface area contributed by atoms with E-state index in [0.29, 0.717) is 119 Å². The van der Waals surface area contributed by atoms with E-state index in [1.54, 1.807) is 170 Å². The summed E-state index contributed by atoms with van der Waals surface area (Å²) in [6.07, 6.45) is 18.2. The lowest BCUT2D eigenvalue weighted by Gasteiger charge is -2.32. The van der Waals surface area contributed by atoms with Gasteiger partial charge in [-0.1, -0.05) is 37.9 Å². The molecule has 0 aliphatic carbocycles. The van der Waals surface area contributed by atoms with E-state index in [2.05, 4.69) is 34.7 Å². The Bertz CT molecular complexity index is 5800. The van der Waals surface area contributed by atoms with E-state index in [1.807, 2.05) is 13.8 Å². The number of likely N-dealkylation sites (tertiary alicyclic amines) is 3. The van der Waals surface area contributed by atoms with E-state index in [0.717, 1.165) is 49.6 Å². The molecule has 3 saturated heterocycles. The van der Waals surface area contributed by atoms with Crippen LogP contribution in [0.1, 0.15) is 69.1 Å². The topological polar surface area (TPSA) is 254 Å². The van der Waals surface area contributed by atoms with Crippen molar-refractivity contribution in [1.29, 1.82) is 0 Å². The Labute approximate surface area is 652 Å². The number of benzene rings is 6. The second-order valence-electron chi connectivity index (χ2n) is 26.9. The number of pyridine rings is 3. The van der Waals surface area contributed by atoms with Gasteiger partial charge in [0.05, 0.1) is 123 Å². The standard InChI is InChI=1S/C29H29FN4O5.C28H27FN4O5.C28H27FN4O4/c1-4-26(35)32-15-7-8-20(18-32)34-28-22(16-31-17-25(28)38-5-2)33(29(34)36)19-11-13-21(14-12-19)39-24-10-6-9-23(37-3)27(24)30;1-4-25(34)31-14-6-7-19(17-31)33-27-21(15-30-16-24(27)37-3)32(28(33)35)18-10-12-20(13-11-18)38-23-9-5-8-22(36-2)26(23)29;1-4-25(34)31-14-6-7-20(17-31)33-27-18(2)15-30-16-22(27)32(28(33)35)19-10-12-21(13-11-19)37-24-9-5-8-23(36-3)26(24)29/h4,6,9-14,16-17,20H,1,5,7-8,15,18H2,2-3H3;4-5,8-13,15-16,19H,1,6-7,14,17H2,2-3H3;4-5,8-13,15-16,20H,1,6-7,14,17H2,2-3H3/t20-;19-;20-/m111/s1. The molecule has 29 heteroatoms. The summed E-state index contributed by atoms with van der Waals surface area (Å²) >= 11 is 0. The maximum absolute atomic E-state index is 14.6. The van der Waals surface area contributed by atoms with E-state index in [4.69, 9.17) is 37.9 Å². The highest BCUT2D eigenvalue weighted by Crippen LogP contribution is 2.39. The zero-order chi connectivity index (χ0) is 80.4. The molecule has 588 valence electrons. The minimum Gasteiger partial charge on any atom is -0.494 e. The fraction of sp³-hybridized carbons (Fsp3) is 0.259. The summed E-state index contributed by atoms with van der Waals surface area (Å²) in [5.41, 5.74) is 5.69. The largest absolute Gasteiger partial charge is 0.494 e. The summed E-state index contributed by atoms with van der Waals surface area (Å²) in [6.45, 7) is 18.1. The number of carbonyl (C=O) groups is 3. The number of carbonyl (C=O) groups excluding carboxylic acids is 3. The second kappa shape index (κ2) is 34.8. The van der Waals surface area contributed by atoms with Gasteiger partial charge in [-0.05, 0) is 185 Å². The number of aromatic nitrogens is 9. The predicted octanol–water partition coefficient (Wildman–Crippen LogP) is 14.1. The molecule has 9 heterocycles. The van der Waals surface area contributed by atoms with Crippen molar-refractivity contribution in [1.82, 2.24) is 57.1 Å². The first-order valence-electron chi connectivity index (χ1n) is 36.9. The van der Waals surface area contributed by atoms with Crippen LogP contribution < -0.4 is 55.0 Å². The quantitative estimate of drug-likeness (QED) is 0.0606. The molecule has 114 heavy (non-hydrogen) atoms. The number of nitrogens with zero attached hydrogens (tertiary/aromatic N) is 12. The molecule has 3 atom stereocenters. The van der Waals surface area contributed by atoms with Gasteiger partial charge in [-0.3, -0.25) is 56.7 Å². The summed E-state index contributed by atoms with van der Waals surface area (Å²) < 4.78 is 97.2.